The van der Waals surface area contributed by atoms with Crippen molar-refractivity contribution in [1.29, 1.82) is 0 Å². The van der Waals surface area contributed by atoms with Crippen LogP contribution in [-0.2, 0) is 9.53 Å². The highest BCUT2D eigenvalue weighted by Crippen LogP contribution is 2.40. The number of aromatic nitrogens is 1. The Balaban J connectivity index is 2.01. The molecule has 0 radical (unpaired) electrons. The van der Waals surface area contributed by atoms with Crippen molar-refractivity contribution in [1.82, 2.24) is 4.98 Å². The van der Waals surface area contributed by atoms with Crippen LogP contribution in [-0.4, -0.2) is 18.1 Å². The van der Waals surface area contributed by atoms with Crippen LogP contribution in [0.4, 0.5) is 0 Å². The standard InChI is InChI=1S/C15H16BrNO2S/c1-19-15(18)13(9-4-2-3-5-9)14-17-11-7-6-10(16)8-12(11)20-14/h6-9,13H,2-5H2,1H3. The number of benzene rings is 1. The zero-order valence-electron chi connectivity index (χ0n) is 11.3. The molecule has 3 rings (SSSR count). The van der Waals surface area contributed by atoms with Crippen LogP contribution in [0.1, 0.15) is 36.6 Å². The summed E-state index contributed by atoms with van der Waals surface area (Å²) >= 11 is 5.08. The van der Waals surface area contributed by atoms with Crippen LogP contribution in [0.3, 0.4) is 0 Å². The Labute approximate surface area is 130 Å². The number of hydrogen-bond donors (Lipinski definition) is 0. The van der Waals surface area contributed by atoms with Gasteiger partial charge in [-0.05, 0) is 37.0 Å². The molecular formula is C15H16BrNO2S. The number of fused-ring (bicyclic) bond motifs is 1. The average molecular weight is 354 g/mol. The van der Waals surface area contributed by atoms with E-state index < -0.39 is 0 Å². The molecule has 3 nitrogen and oxygen atoms in total. The predicted molar refractivity (Wildman–Crippen MR) is 84.0 cm³/mol. The molecule has 1 aliphatic rings. The molecule has 1 aromatic carbocycles. The molecule has 1 aromatic heterocycles. The van der Waals surface area contributed by atoms with Crippen LogP contribution in [0, 0.1) is 5.92 Å². The van der Waals surface area contributed by atoms with Crippen LogP contribution in [0.2, 0.25) is 0 Å². The lowest BCUT2D eigenvalue weighted by atomic mass is 9.91. The summed E-state index contributed by atoms with van der Waals surface area (Å²) in [5.74, 6) is 0.0418. The van der Waals surface area contributed by atoms with Gasteiger partial charge in [-0.1, -0.05) is 28.8 Å². The molecule has 20 heavy (non-hydrogen) atoms. The summed E-state index contributed by atoms with van der Waals surface area (Å²) in [6.45, 7) is 0. The van der Waals surface area contributed by atoms with E-state index >= 15 is 0 Å². The molecule has 0 bridgehead atoms. The number of carbonyl (C=O) groups excluding carboxylic acids is 1. The van der Waals surface area contributed by atoms with Crippen molar-refractivity contribution < 1.29 is 9.53 Å². The number of thiazole rings is 1. The Morgan fingerprint density at radius 1 is 1.45 bits per heavy atom. The zero-order chi connectivity index (χ0) is 14.1. The minimum absolute atomic E-state index is 0.143. The fourth-order valence-electron chi connectivity index (χ4n) is 2.96. The quantitative estimate of drug-likeness (QED) is 0.762. The first-order chi connectivity index (χ1) is 9.69. The van der Waals surface area contributed by atoms with Gasteiger partial charge in [-0.2, -0.15) is 0 Å². The second kappa shape index (κ2) is 5.82. The molecule has 1 heterocycles. The molecular weight excluding hydrogens is 338 g/mol. The number of rotatable bonds is 3. The number of hydrogen-bond acceptors (Lipinski definition) is 4. The van der Waals surface area contributed by atoms with Crippen LogP contribution in [0.15, 0.2) is 22.7 Å². The van der Waals surface area contributed by atoms with Gasteiger partial charge in [-0.15, -0.1) is 11.3 Å². The van der Waals surface area contributed by atoms with E-state index in [2.05, 4.69) is 27.0 Å². The Bertz CT molecular complexity index is 634. The summed E-state index contributed by atoms with van der Waals surface area (Å²) in [7, 11) is 1.47. The van der Waals surface area contributed by atoms with E-state index in [4.69, 9.17) is 4.74 Å². The molecule has 0 spiro atoms. The maximum absolute atomic E-state index is 12.2. The first-order valence-corrected chi connectivity index (χ1v) is 8.44. The van der Waals surface area contributed by atoms with Gasteiger partial charge in [0.1, 0.15) is 10.9 Å². The minimum atomic E-state index is -0.196. The van der Waals surface area contributed by atoms with Gasteiger partial charge >= 0.3 is 5.97 Å². The first kappa shape index (κ1) is 14.0. The zero-order valence-corrected chi connectivity index (χ0v) is 13.7. The third-order valence-electron chi connectivity index (χ3n) is 3.96. The lowest BCUT2D eigenvalue weighted by molar-refractivity contribution is -0.143. The van der Waals surface area contributed by atoms with Crippen molar-refractivity contribution in [2.75, 3.05) is 7.11 Å². The number of ether oxygens (including phenoxy) is 1. The van der Waals surface area contributed by atoms with Crippen molar-refractivity contribution in [2.24, 2.45) is 5.92 Å². The summed E-state index contributed by atoms with van der Waals surface area (Å²) < 4.78 is 7.17. The monoisotopic (exact) mass is 353 g/mol. The van der Waals surface area contributed by atoms with Crippen molar-refractivity contribution in [3.8, 4) is 0 Å². The van der Waals surface area contributed by atoms with Gasteiger partial charge in [0.15, 0.2) is 0 Å². The predicted octanol–water partition coefficient (Wildman–Crippen LogP) is 4.51. The molecule has 1 unspecified atom stereocenters. The summed E-state index contributed by atoms with van der Waals surface area (Å²) in [5.41, 5.74) is 0.958. The second-order valence-corrected chi connectivity index (χ2v) is 7.19. The van der Waals surface area contributed by atoms with Gasteiger partial charge in [0.25, 0.3) is 0 Å². The number of nitrogens with zero attached hydrogens (tertiary/aromatic N) is 1. The van der Waals surface area contributed by atoms with Gasteiger partial charge in [0, 0.05) is 4.47 Å². The minimum Gasteiger partial charge on any atom is -0.468 e. The van der Waals surface area contributed by atoms with E-state index in [-0.39, 0.29) is 11.9 Å². The second-order valence-electron chi connectivity index (χ2n) is 5.21. The highest BCUT2D eigenvalue weighted by Gasteiger charge is 2.35. The van der Waals surface area contributed by atoms with E-state index in [0.717, 1.165) is 32.5 Å². The Kier molecular flexibility index (Phi) is 4.08. The van der Waals surface area contributed by atoms with Gasteiger partial charge in [-0.25, -0.2) is 4.98 Å². The van der Waals surface area contributed by atoms with Crippen LogP contribution < -0.4 is 0 Å². The lowest BCUT2D eigenvalue weighted by Crippen LogP contribution is -2.21. The maximum atomic E-state index is 12.2. The van der Waals surface area contributed by atoms with Crippen LogP contribution in [0.25, 0.3) is 10.2 Å². The van der Waals surface area contributed by atoms with E-state index in [9.17, 15) is 4.79 Å². The highest BCUT2D eigenvalue weighted by atomic mass is 79.9. The molecule has 0 N–H and O–H groups in total. The Morgan fingerprint density at radius 2 is 2.20 bits per heavy atom. The van der Waals surface area contributed by atoms with E-state index in [1.807, 2.05) is 12.1 Å². The molecule has 106 valence electrons. The number of carbonyl (C=O) groups is 1. The van der Waals surface area contributed by atoms with Crippen molar-refractivity contribution >= 4 is 43.5 Å². The summed E-state index contributed by atoms with van der Waals surface area (Å²) in [4.78, 5) is 16.8. The molecule has 2 aromatic rings. The van der Waals surface area contributed by atoms with Gasteiger partial charge in [-0.3, -0.25) is 4.79 Å². The molecule has 5 heteroatoms. The third-order valence-corrected chi connectivity index (χ3v) is 5.55. The Hall–Kier alpha value is -0.940. The maximum Gasteiger partial charge on any atom is 0.315 e. The third kappa shape index (κ3) is 2.61. The summed E-state index contributed by atoms with van der Waals surface area (Å²) in [6.07, 6.45) is 4.60. The smallest absolute Gasteiger partial charge is 0.315 e. The molecule has 1 atom stereocenters. The summed E-state index contributed by atoms with van der Waals surface area (Å²) in [5, 5.41) is 0.900. The van der Waals surface area contributed by atoms with Gasteiger partial charge < -0.3 is 4.74 Å². The van der Waals surface area contributed by atoms with E-state index in [0.29, 0.717) is 5.92 Å². The normalized spacial score (nSPS) is 17.5. The molecule has 0 aliphatic heterocycles. The number of esters is 1. The largest absolute Gasteiger partial charge is 0.468 e. The number of methoxy groups -OCH3 is 1. The fourth-order valence-corrected chi connectivity index (χ4v) is 4.66. The van der Waals surface area contributed by atoms with E-state index in [1.165, 1.54) is 20.0 Å². The molecule has 0 saturated heterocycles. The highest BCUT2D eigenvalue weighted by molar-refractivity contribution is 9.10. The lowest BCUT2D eigenvalue weighted by Gasteiger charge is -2.18. The van der Waals surface area contributed by atoms with E-state index in [1.54, 1.807) is 11.3 Å². The molecule has 1 aliphatic carbocycles. The topological polar surface area (TPSA) is 39.2 Å². The molecule has 1 fully saturated rings. The van der Waals surface area contributed by atoms with Crippen LogP contribution >= 0.6 is 27.3 Å². The van der Waals surface area contributed by atoms with Crippen molar-refractivity contribution in [3.63, 3.8) is 0 Å². The van der Waals surface area contributed by atoms with Crippen molar-refractivity contribution in [2.45, 2.75) is 31.6 Å². The fraction of sp³-hybridized carbons (Fsp3) is 0.467. The SMILES string of the molecule is COC(=O)C(c1nc2ccc(Br)cc2s1)C1CCCC1. The average Bonchev–Trinajstić information content (AvgIpc) is 3.07. The van der Waals surface area contributed by atoms with Crippen LogP contribution in [0.5, 0.6) is 0 Å². The Morgan fingerprint density at radius 3 is 2.90 bits per heavy atom. The van der Waals surface area contributed by atoms with Gasteiger partial charge in [0.2, 0.25) is 0 Å². The van der Waals surface area contributed by atoms with Crippen molar-refractivity contribution in [3.05, 3.63) is 27.7 Å². The molecule has 0 amide bonds. The number of halogens is 1. The summed E-state index contributed by atoms with van der Waals surface area (Å²) in [6, 6.07) is 6.02. The first-order valence-electron chi connectivity index (χ1n) is 6.83. The van der Waals surface area contributed by atoms with Gasteiger partial charge in [0.05, 0.1) is 17.3 Å². The molecule has 1 saturated carbocycles.